The molecule has 5 nitrogen and oxygen atoms in total. The van der Waals surface area contributed by atoms with E-state index in [1.807, 2.05) is 45.0 Å². The lowest BCUT2D eigenvalue weighted by Gasteiger charge is -2.22. The summed E-state index contributed by atoms with van der Waals surface area (Å²) in [5.74, 6) is 0.357. The molecule has 5 heteroatoms. The third-order valence-electron chi connectivity index (χ3n) is 2.83. The molecule has 0 spiro atoms. The average Bonchev–Trinajstić information content (AvgIpc) is 2.87. The van der Waals surface area contributed by atoms with Gasteiger partial charge in [0.1, 0.15) is 11.4 Å². The molecule has 1 atom stereocenters. The summed E-state index contributed by atoms with van der Waals surface area (Å²) in [5, 5.41) is 3.82. The van der Waals surface area contributed by atoms with E-state index >= 15 is 0 Å². The molecule has 0 saturated heterocycles. The van der Waals surface area contributed by atoms with Crippen LogP contribution in [0.4, 0.5) is 0 Å². The van der Waals surface area contributed by atoms with Crippen molar-refractivity contribution in [3.05, 3.63) is 29.8 Å². The molecule has 0 amide bonds. The molecule has 1 heterocycles. The average molecular weight is 291 g/mol. The Morgan fingerprint density at radius 3 is 2.86 bits per heavy atom. The SMILES string of the molecule is CCOC(=O)C1=NOC(c2cccc(OC(C)(C)C)c2)C1. The second kappa shape index (κ2) is 6.16. The van der Waals surface area contributed by atoms with Crippen molar-refractivity contribution >= 4 is 11.7 Å². The van der Waals surface area contributed by atoms with Crippen molar-refractivity contribution < 1.29 is 19.1 Å². The van der Waals surface area contributed by atoms with Crippen LogP contribution in [0, 0.1) is 0 Å². The summed E-state index contributed by atoms with van der Waals surface area (Å²) in [5.41, 5.74) is 0.991. The molecule has 1 unspecified atom stereocenters. The van der Waals surface area contributed by atoms with Gasteiger partial charge in [0.05, 0.1) is 6.61 Å². The van der Waals surface area contributed by atoms with Crippen molar-refractivity contribution in [2.24, 2.45) is 5.16 Å². The van der Waals surface area contributed by atoms with Crippen molar-refractivity contribution in [2.75, 3.05) is 6.61 Å². The van der Waals surface area contributed by atoms with E-state index in [1.165, 1.54) is 0 Å². The molecule has 2 rings (SSSR count). The number of rotatable bonds is 4. The molecule has 0 fully saturated rings. The number of benzene rings is 1. The Balaban J connectivity index is 2.04. The third-order valence-corrected chi connectivity index (χ3v) is 2.83. The van der Waals surface area contributed by atoms with Gasteiger partial charge in [0.25, 0.3) is 0 Å². The smallest absolute Gasteiger partial charge is 0.356 e. The summed E-state index contributed by atoms with van der Waals surface area (Å²) in [4.78, 5) is 17.0. The van der Waals surface area contributed by atoms with Gasteiger partial charge in [-0.1, -0.05) is 17.3 Å². The van der Waals surface area contributed by atoms with E-state index in [0.29, 0.717) is 18.7 Å². The summed E-state index contributed by atoms with van der Waals surface area (Å²) in [7, 11) is 0. The summed E-state index contributed by atoms with van der Waals surface area (Å²) < 4.78 is 10.8. The van der Waals surface area contributed by atoms with E-state index in [9.17, 15) is 4.79 Å². The number of hydrogen-bond acceptors (Lipinski definition) is 5. The molecule has 0 aliphatic carbocycles. The van der Waals surface area contributed by atoms with E-state index in [1.54, 1.807) is 6.92 Å². The molecule has 0 N–H and O–H groups in total. The van der Waals surface area contributed by atoms with Crippen molar-refractivity contribution in [1.29, 1.82) is 0 Å². The Morgan fingerprint density at radius 1 is 1.43 bits per heavy atom. The molecule has 0 saturated carbocycles. The highest BCUT2D eigenvalue weighted by Crippen LogP contribution is 2.30. The number of nitrogens with zero attached hydrogens (tertiary/aromatic N) is 1. The minimum absolute atomic E-state index is 0.262. The fourth-order valence-corrected chi connectivity index (χ4v) is 2.02. The van der Waals surface area contributed by atoms with Crippen molar-refractivity contribution in [3.63, 3.8) is 0 Å². The van der Waals surface area contributed by atoms with Gasteiger partial charge in [-0.15, -0.1) is 0 Å². The van der Waals surface area contributed by atoms with Crippen LogP contribution in [-0.4, -0.2) is 23.9 Å². The Labute approximate surface area is 124 Å². The summed E-state index contributed by atoms with van der Waals surface area (Å²) >= 11 is 0. The predicted molar refractivity (Wildman–Crippen MR) is 79.3 cm³/mol. The van der Waals surface area contributed by atoms with Crippen LogP contribution >= 0.6 is 0 Å². The molecule has 114 valence electrons. The first-order valence-corrected chi connectivity index (χ1v) is 7.08. The minimum Gasteiger partial charge on any atom is -0.488 e. The first-order chi connectivity index (χ1) is 9.89. The maximum absolute atomic E-state index is 11.6. The van der Waals surface area contributed by atoms with Gasteiger partial charge in [0.15, 0.2) is 11.8 Å². The molecule has 0 bridgehead atoms. The topological polar surface area (TPSA) is 57.1 Å². The van der Waals surface area contributed by atoms with Gasteiger partial charge in [-0.2, -0.15) is 0 Å². The monoisotopic (exact) mass is 291 g/mol. The van der Waals surface area contributed by atoms with E-state index in [2.05, 4.69) is 5.16 Å². The molecular formula is C16H21NO4. The predicted octanol–water partition coefficient (Wildman–Crippen LogP) is 3.24. The van der Waals surface area contributed by atoms with Crippen LogP contribution in [0.5, 0.6) is 5.75 Å². The van der Waals surface area contributed by atoms with Crippen LogP contribution in [0.25, 0.3) is 0 Å². The van der Waals surface area contributed by atoms with E-state index in [-0.39, 0.29) is 11.7 Å². The normalized spacial score (nSPS) is 17.9. The minimum atomic E-state index is -0.415. The summed E-state index contributed by atoms with van der Waals surface area (Å²) in [6.45, 7) is 8.08. The zero-order chi connectivity index (χ0) is 15.5. The summed E-state index contributed by atoms with van der Waals surface area (Å²) in [6.07, 6.45) is 0.144. The first kappa shape index (κ1) is 15.4. The third kappa shape index (κ3) is 4.21. The molecule has 0 radical (unpaired) electrons. The van der Waals surface area contributed by atoms with Gasteiger partial charge >= 0.3 is 5.97 Å². The highest BCUT2D eigenvalue weighted by atomic mass is 16.6. The lowest BCUT2D eigenvalue weighted by molar-refractivity contribution is -0.135. The fraction of sp³-hybridized carbons (Fsp3) is 0.500. The lowest BCUT2D eigenvalue weighted by Crippen LogP contribution is -2.23. The fourth-order valence-electron chi connectivity index (χ4n) is 2.02. The molecule has 21 heavy (non-hydrogen) atoms. The van der Waals surface area contributed by atoms with Crippen molar-refractivity contribution in [2.45, 2.75) is 45.8 Å². The van der Waals surface area contributed by atoms with Gasteiger partial charge in [-0.05, 0) is 45.4 Å². The zero-order valence-corrected chi connectivity index (χ0v) is 12.9. The number of ether oxygens (including phenoxy) is 2. The zero-order valence-electron chi connectivity index (χ0n) is 12.9. The van der Waals surface area contributed by atoms with Crippen LogP contribution in [-0.2, 0) is 14.4 Å². The van der Waals surface area contributed by atoms with Crippen molar-refractivity contribution in [3.8, 4) is 5.75 Å². The Morgan fingerprint density at radius 2 is 2.19 bits per heavy atom. The first-order valence-electron chi connectivity index (χ1n) is 7.08. The number of oxime groups is 1. The lowest BCUT2D eigenvalue weighted by atomic mass is 10.0. The highest BCUT2D eigenvalue weighted by molar-refractivity contribution is 6.36. The maximum atomic E-state index is 11.6. The molecule has 1 aliphatic heterocycles. The van der Waals surface area contributed by atoms with Crippen molar-refractivity contribution in [1.82, 2.24) is 0 Å². The van der Waals surface area contributed by atoms with Gasteiger partial charge in [0, 0.05) is 6.42 Å². The number of hydrogen-bond donors (Lipinski definition) is 0. The van der Waals surface area contributed by atoms with E-state index < -0.39 is 5.97 Å². The number of esters is 1. The largest absolute Gasteiger partial charge is 0.488 e. The van der Waals surface area contributed by atoms with Crippen LogP contribution in [0.2, 0.25) is 0 Å². The van der Waals surface area contributed by atoms with Gasteiger partial charge in [-0.25, -0.2) is 4.79 Å². The van der Waals surface area contributed by atoms with Crippen LogP contribution in [0.1, 0.15) is 45.8 Å². The van der Waals surface area contributed by atoms with Crippen LogP contribution in [0.15, 0.2) is 29.4 Å². The Bertz CT molecular complexity index is 545. The molecular weight excluding hydrogens is 270 g/mol. The number of carbonyl (C=O) groups is 1. The molecule has 0 aromatic heterocycles. The molecule has 1 aromatic rings. The van der Waals surface area contributed by atoms with Crippen LogP contribution in [0.3, 0.4) is 0 Å². The van der Waals surface area contributed by atoms with E-state index in [4.69, 9.17) is 14.3 Å². The molecule has 1 aliphatic rings. The highest BCUT2D eigenvalue weighted by Gasteiger charge is 2.28. The number of carbonyl (C=O) groups excluding carboxylic acids is 1. The summed E-state index contributed by atoms with van der Waals surface area (Å²) in [6, 6.07) is 7.66. The standard InChI is InChI=1S/C16H21NO4/c1-5-19-15(18)13-10-14(21-17-13)11-7-6-8-12(9-11)20-16(2,3)4/h6-9,14H,5,10H2,1-4H3. The van der Waals surface area contributed by atoms with Gasteiger partial charge in [-0.3, -0.25) is 0 Å². The molecule has 1 aromatic carbocycles. The quantitative estimate of drug-likeness (QED) is 0.799. The van der Waals surface area contributed by atoms with E-state index in [0.717, 1.165) is 11.3 Å². The van der Waals surface area contributed by atoms with Gasteiger partial charge < -0.3 is 14.3 Å². The Kier molecular flexibility index (Phi) is 4.50. The Hall–Kier alpha value is -2.04. The second-order valence-corrected chi connectivity index (χ2v) is 5.84. The second-order valence-electron chi connectivity index (χ2n) is 5.84. The van der Waals surface area contributed by atoms with Crippen LogP contribution < -0.4 is 4.74 Å². The van der Waals surface area contributed by atoms with Gasteiger partial charge in [0.2, 0.25) is 0 Å². The maximum Gasteiger partial charge on any atom is 0.356 e.